The molecule has 0 saturated carbocycles. The van der Waals surface area contributed by atoms with Crippen molar-refractivity contribution >= 4 is 17.5 Å². The SMILES string of the molecule is Cc1ccc2c(c1)OC(C)(C)C[C@@H]2NC(=O)CCC1=NNC(=O)CC1. The Labute approximate surface area is 148 Å². The van der Waals surface area contributed by atoms with Gasteiger partial charge in [0.1, 0.15) is 11.4 Å². The Morgan fingerprint density at radius 2 is 2.20 bits per heavy atom. The number of benzene rings is 1. The summed E-state index contributed by atoms with van der Waals surface area (Å²) in [5, 5.41) is 7.15. The Morgan fingerprint density at radius 3 is 2.92 bits per heavy atom. The van der Waals surface area contributed by atoms with Gasteiger partial charge in [-0.3, -0.25) is 9.59 Å². The fraction of sp³-hybridized carbons (Fsp3) is 0.526. The molecule has 0 aliphatic carbocycles. The second kappa shape index (κ2) is 6.86. The van der Waals surface area contributed by atoms with E-state index >= 15 is 0 Å². The molecule has 2 aliphatic rings. The van der Waals surface area contributed by atoms with Crippen LogP contribution in [-0.2, 0) is 9.59 Å². The third kappa shape index (κ3) is 4.38. The van der Waals surface area contributed by atoms with Gasteiger partial charge in [-0.2, -0.15) is 5.10 Å². The smallest absolute Gasteiger partial charge is 0.240 e. The highest BCUT2D eigenvalue weighted by Crippen LogP contribution is 2.39. The van der Waals surface area contributed by atoms with Gasteiger partial charge < -0.3 is 10.1 Å². The normalized spacial score (nSPS) is 21.5. The minimum absolute atomic E-state index is 0.00572. The number of nitrogens with zero attached hydrogens (tertiary/aromatic N) is 1. The molecule has 3 rings (SSSR count). The van der Waals surface area contributed by atoms with Crippen LogP contribution in [0.3, 0.4) is 0 Å². The van der Waals surface area contributed by atoms with E-state index < -0.39 is 0 Å². The van der Waals surface area contributed by atoms with Crippen LogP contribution in [0.2, 0.25) is 0 Å². The first kappa shape index (κ1) is 17.5. The molecule has 2 aliphatic heterocycles. The minimum atomic E-state index is -0.323. The molecular formula is C19H25N3O3. The average Bonchev–Trinajstić information content (AvgIpc) is 2.52. The number of hydrazone groups is 1. The molecule has 1 aromatic rings. The van der Waals surface area contributed by atoms with Crippen LogP contribution in [0.15, 0.2) is 23.3 Å². The van der Waals surface area contributed by atoms with Crippen molar-refractivity contribution in [3.63, 3.8) is 0 Å². The monoisotopic (exact) mass is 343 g/mol. The predicted molar refractivity (Wildman–Crippen MR) is 95.4 cm³/mol. The Kier molecular flexibility index (Phi) is 4.79. The van der Waals surface area contributed by atoms with E-state index in [9.17, 15) is 9.59 Å². The first-order valence-electron chi connectivity index (χ1n) is 8.76. The maximum Gasteiger partial charge on any atom is 0.240 e. The molecule has 0 radical (unpaired) electrons. The van der Waals surface area contributed by atoms with Gasteiger partial charge in [-0.05, 0) is 45.2 Å². The highest BCUT2D eigenvalue weighted by molar-refractivity contribution is 5.94. The lowest BCUT2D eigenvalue weighted by atomic mass is 9.89. The lowest BCUT2D eigenvalue weighted by Crippen LogP contribution is -2.41. The van der Waals surface area contributed by atoms with Crippen LogP contribution in [0, 0.1) is 6.92 Å². The van der Waals surface area contributed by atoms with E-state index in [1.807, 2.05) is 39.0 Å². The van der Waals surface area contributed by atoms with Gasteiger partial charge in [0.05, 0.1) is 6.04 Å². The van der Waals surface area contributed by atoms with Crippen molar-refractivity contribution in [2.24, 2.45) is 5.10 Å². The highest BCUT2D eigenvalue weighted by atomic mass is 16.5. The van der Waals surface area contributed by atoms with Crippen molar-refractivity contribution < 1.29 is 14.3 Å². The third-order valence-corrected chi connectivity index (χ3v) is 4.58. The number of amides is 2. The van der Waals surface area contributed by atoms with Crippen molar-refractivity contribution in [2.45, 2.75) is 64.5 Å². The number of ether oxygens (including phenoxy) is 1. The summed E-state index contributed by atoms with van der Waals surface area (Å²) in [4.78, 5) is 23.5. The lowest BCUT2D eigenvalue weighted by molar-refractivity contribution is -0.122. The van der Waals surface area contributed by atoms with E-state index in [4.69, 9.17) is 4.74 Å². The summed E-state index contributed by atoms with van der Waals surface area (Å²) in [6.07, 6.45) is 2.74. The molecule has 25 heavy (non-hydrogen) atoms. The summed E-state index contributed by atoms with van der Waals surface area (Å²) >= 11 is 0. The second-order valence-electron chi connectivity index (χ2n) is 7.44. The van der Waals surface area contributed by atoms with Crippen LogP contribution in [0.4, 0.5) is 0 Å². The standard InChI is InChI=1S/C19H25N3O3/c1-12-4-7-14-15(11-19(2,3)25-16(14)10-12)20-17(23)8-5-13-6-9-18(24)22-21-13/h4,7,10,15H,5-6,8-9,11H2,1-3H3,(H,20,23)(H,22,24)/t15-/m0/s1. The van der Waals surface area contributed by atoms with Gasteiger partial charge in [0.25, 0.3) is 0 Å². The molecule has 1 atom stereocenters. The lowest BCUT2D eigenvalue weighted by Gasteiger charge is -2.38. The van der Waals surface area contributed by atoms with Gasteiger partial charge in [-0.1, -0.05) is 12.1 Å². The summed E-state index contributed by atoms with van der Waals surface area (Å²) < 4.78 is 6.07. The van der Waals surface area contributed by atoms with E-state index in [0.717, 1.165) is 29.0 Å². The zero-order valence-electron chi connectivity index (χ0n) is 15.0. The average molecular weight is 343 g/mol. The fourth-order valence-electron chi connectivity index (χ4n) is 3.30. The second-order valence-corrected chi connectivity index (χ2v) is 7.44. The third-order valence-electron chi connectivity index (χ3n) is 4.58. The summed E-state index contributed by atoms with van der Waals surface area (Å²) in [5.41, 5.74) is 5.18. The highest BCUT2D eigenvalue weighted by Gasteiger charge is 2.34. The van der Waals surface area contributed by atoms with Gasteiger partial charge in [0.2, 0.25) is 11.8 Å². The Hall–Kier alpha value is -2.37. The van der Waals surface area contributed by atoms with E-state index in [2.05, 4.69) is 15.8 Å². The molecule has 134 valence electrons. The Bertz CT molecular complexity index is 725. The van der Waals surface area contributed by atoms with Crippen molar-refractivity contribution in [3.8, 4) is 5.75 Å². The number of hydrogen-bond donors (Lipinski definition) is 2. The van der Waals surface area contributed by atoms with Crippen LogP contribution in [0.25, 0.3) is 0 Å². The Morgan fingerprint density at radius 1 is 1.40 bits per heavy atom. The Balaban J connectivity index is 1.64. The van der Waals surface area contributed by atoms with Crippen LogP contribution in [0.5, 0.6) is 5.75 Å². The van der Waals surface area contributed by atoms with Gasteiger partial charge in [0.15, 0.2) is 0 Å². The minimum Gasteiger partial charge on any atom is -0.487 e. The number of aryl methyl sites for hydroxylation is 1. The summed E-state index contributed by atoms with van der Waals surface area (Å²) in [6, 6.07) is 6.04. The van der Waals surface area contributed by atoms with E-state index in [1.54, 1.807) is 0 Å². The van der Waals surface area contributed by atoms with Crippen LogP contribution < -0.4 is 15.5 Å². The van der Waals surface area contributed by atoms with Crippen molar-refractivity contribution in [3.05, 3.63) is 29.3 Å². The van der Waals surface area contributed by atoms with E-state index in [0.29, 0.717) is 25.7 Å². The molecule has 0 bridgehead atoms. The summed E-state index contributed by atoms with van der Waals surface area (Å²) in [7, 11) is 0. The molecule has 2 amide bonds. The van der Waals surface area contributed by atoms with Crippen molar-refractivity contribution in [1.29, 1.82) is 0 Å². The molecule has 0 saturated heterocycles. The molecule has 0 aromatic heterocycles. The van der Waals surface area contributed by atoms with Crippen molar-refractivity contribution in [2.75, 3.05) is 0 Å². The molecule has 6 nitrogen and oxygen atoms in total. The molecular weight excluding hydrogens is 318 g/mol. The first-order valence-corrected chi connectivity index (χ1v) is 8.76. The number of rotatable bonds is 4. The zero-order chi connectivity index (χ0) is 18.0. The maximum atomic E-state index is 12.4. The maximum absolute atomic E-state index is 12.4. The molecule has 6 heteroatoms. The topological polar surface area (TPSA) is 79.8 Å². The summed E-state index contributed by atoms with van der Waals surface area (Å²) in [6.45, 7) is 6.11. The first-order chi connectivity index (χ1) is 11.8. The van der Waals surface area contributed by atoms with Gasteiger partial charge in [-0.25, -0.2) is 5.43 Å². The number of fused-ring (bicyclic) bond motifs is 1. The van der Waals surface area contributed by atoms with Gasteiger partial charge >= 0.3 is 0 Å². The zero-order valence-corrected chi connectivity index (χ0v) is 15.0. The molecule has 1 aromatic carbocycles. The van der Waals surface area contributed by atoms with Crippen molar-refractivity contribution in [1.82, 2.24) is 10.7 Å². The van der Waals surface area contributed by atoms with Crippen LogP contribution in [0.1, 0.15) is 63.1 Å². The van der Waals surface area contributed by atoms with E-state index in [-0.39, 0.29) is 23.5 Å². The quantitative estimate of drug-likeness (QED) is 0.882. The van der Waals surface area contributed by atoms with Crippen LogP contribution >= 0.6 is 0 Å². The van der Waals surface area contributed by atoms with Gasteiger partial charge in [-0.15, -0.1) is 0 Å². The fourth-order valence-corrected chi connectivity index (χ4v) is 3.30. The number of carbonyl (C=O) groups is 2. The molecule has 2 heterocycles. The molecule has 0 spiro atoms. The van der Waals surface area contributed by atoms with Crippen LogP contribution in [-0.4, -0.2) is 23.1 Å². The largest absolute Gasteiger partial charge is 0.487 e. The molecule has 0 unspecified atom stereocenters. The summed E-state index contributed by atoms with van der Waals surface area (Å²) in [5.74, 6) is 0.777. The predicted octanol–water partition coefficient (Wildman–Crippen LogP) is 2.76. The number of nitrogens with one attached hydrogen (secondary N) is 2. The molecule has 2 N–H and O–H groups in total. The van der Waals surface area contributed by atoms with E-state index in [1.165, 1.54) is 0 Å². The van der Waals surface area contributed by atoms with Gasteiger partial charge in [0, 0.05) is 30.5 Å². The molecule has 0 fully saturated rings. The number of hydrogen-bond acceptors (Lipinski definition) is 4. The number of carbonyl (C=O) groups excluding carboxylic acids is 2.